The molecule has 37 heavy (non-hydrogen) atoms. The topological polar surface area (TPSA) is 21.3 Å². The highest BCUT2D eigenvalue weighted by Crippen LogP contribution is 2.52. The van der Waals surface area contributed by atoms with Crippen LogP contribution in [0.2, 0.25) is 0 Å². The Balaban J connectivity index is 1.20. The van der Waals surface area contributed by atoms with E-state index in [0.29, 0.717) is 11.8 Å². The third-order valence-electron chi connectivity index (χ3n) is 8.18. The molecule has 5 aromatic rings. The Labute approximate surface area is 218 Å². The quantitative estimate of drug-likeness (QED) is 0.149. The summed E-state index contributed by atoms with van der Waals surface area (Å²) in [5.41, 5.74) is 5.39. The number of ether oxygens (including phenoxy) is 1. The Morgan fingerprint density at radius 2 is 1.49 bits per heavy atom. The van der Waals surface area contributed by atoms with E-state index in [9.17, 15) is 0 Å². The minimum atomic E-state index is 0.251. The van der Waals surface area contributed by atoms with Crippen LogP contribution in [-0.4, -0.2) is 6.61 Å². The lowest BCUT2D eigenvalue weighted by Gasteiger charge is -2.38. The van der Waals surface area contributed by atoms with Gasteiger partial charge in [-0.3, -0.25) is 0 Å². The van der Waals surface area contributed by atoms with Gasteiger partial charge in [-0.05, 0) is 87.7 Å². The highest BCUT2D eigenvalue weighted by molar-refractivity contribution is 6.03. The molecule has 0 saturated heterocycles. The van der Waals surface area contributed by atoms with Crippen molar-refractivity contribution in [2.45, 2.75) is 31.2 Å². The predicted octanol–water partition coefficient (Wildman–Crippen LogP) is 8.83. The Kier molecular flexibility index (Phi) is 5.66. The number of anilines is 1. The van der Waals surface area contributed by atoms with Gasteiger partial charge in [-0.25, -0.2) is 0 Å². The summed E-state index contributed by atoms with van der Waals surface area (Å²) in [6.07, 6.45) is 7.94. The van der Waals surface area contributed by atoms with Gasteiger partial charge < -0.3 is 10.1 Å². The number of rotatable bonds is 6. The van der Waals surface area contributed by atoms with Crippen LogP contribution in [0.1, 0.15) is 41.5 Å². The first-order valence-corrected chi connectivity index (χ1v) is 13.5. The SMILES string of the molecule is C1=CC2c3cc(OCCCc4ccccc4)ccc3NC(c3c4ccccc4cc4ccccc34)C2C1. The highest BCUT2D eigenvalue weighted by atomic mass is 16.5. The third kappa shape index (κ3) is 4.07. The van der Waals surface area contributed by atoms with Gasteiger partial charge in [-0.2, -0.15) is 0 Å². The minimum Gasteiger partial charge on any atom is -0.494 e. The third-order valence-corrected chi connectivity index (χ3v) is 8.18. The lowest BCUT2D eigenvalue weighted by atomic mass is 9.75. The number of benzene rings is 5. The molecule has 5 aromatic carbocycles. The van der Waals surface area contributed by atoms with Crippen LogP contribution in [0, 0.1) is 5.92 Å². The van der Waals surface area contributed by atoms with E-state index in [4.69, 9.17) is 4.74 Å². The smallest absolute Gasteiger partial charge is 0.119 e. The number of aryl methyl sites for hydroxylation is 1. The van der Waals surface area contributed by atoms with Crippen molar-refractivity contribution in [2.24, 2.45) is 5.92 Å². The van der Waals surface area contributed by atoms with Crippen molar-refractivity contribution in [2.75, 3.05) is 11.9 Å². The van der Waals surface area contributed by atoms with Crippen molar-refractivity contribution < 1.29 is 4.74 Å². The van der Waals surface area contributed by atoms with E-state index in [2.05, 4.69) is 121 Å². The van der Waals surface area contributed by atoms with Crippen LogP contribution in [0.4, 0.5) is 5.69 Å². The second kappa shape index (κ2) is 9.44. The van der Waals surface area contributed by atoms with Crippen molar-refractivity contribution >= 4 is 27.2 Å². The van der Waals surface area contributed by atoms with E-state index in [1.807, 2.05) is 0 Å². The molecule has 1 aliphatic carbocycles. The van der Waals surface area contributed by atoms with Crippen molar-refractivity contribution in [3.05, 3.63) is 132 Å². The van der Waals surface area contributed by atoms with Crippen molar-refractivity contribution in [3.8, 4) is 5.75 Å². The molecule has 1 heterocycles. The molecule has 182 valence electrons. The van der Waals surface area contributed by atoms with Crippen LogP contribution in [0.15, 0.2) is 115 Å². The molecule has 0 saturated carbocycles. The molecule has 3 atom stereocenters. The first-order valence-electron chi connectivity index (χ1n) is 13.5. The van der Waals surface area contributed by atoms with Gasteiger partial charge in [0.15, 0.2) is 0 Å². The van der Waals surface area contributed by atoms with E-state index < -0.39 is 0 Å². The van der Waals surface area contributed by atoms with Crippen molar-refractivity contribution in [3.63, 3.8) is 0 Å². The fourth-order valence-corrected chi connectivity index (χ4v) is 6.44. The molecule has 2 heteroatoms. The first-order chi connectivity index (χ1) is 18.3. The van der Waals surface area contributed by atoms with Crippen LogP contribution >= 0.6 is 0 Å². The summed E-state index contributed by atoms with van der Waals surface area (Å²) in [5, 5.41) is 9.32. The number of hydrogen-bond donors (Lipinski definition) is 1. The standard InChI is InChI=1S/C35H31NO/c1-2-10-24(11-3-1)12-9-21-37-27-19-20-33-32(23-27)30-17-8-18-31(30)35(36-33)34-28-15-6-4-13-25(28)22-26-14-5-7-16-29(26)34/h1-8,10-11,13-17,19-20,22-23,30-31,35-36H,9,12,18,21H2. The van der Waals surface area contributed by atoms with Gasteiger partial charge in [0.05, 0.1) is 12.6 Å². The average molecular weight is 482 g/mol. The van der Waals surface area contributed by atoms with Gasteiger partial charge in [0, 0.05) is 11.6 Å². The number of nitrogens with one attached hydrogen (secondary N) is 1. The molecule has 0 amide bonds. The van der Waals surface area contributed by atoms with Gasteiger partial charge in [0.2, 0.25) is 0 Å². The normalized spacial score (nSPS) is 19.9. The molecule has 0 aromatic heterocycles. The molecule has 0 spiro atoms. The molecular formula is C35H31NO. The number of allylic oxidation sites excluding steroid dienone is 2. The van der Waals surface area contributed by atoms with Crippen LogP contribution in [0.5, 0.6) is 5.75 Å². The number of hydrogen-bond acceptors (Lipinski definition) is 2. The average Bonchev–Trinajstić information content (AvgIpc) is 3.45. The molecule has 0 fully saturated rings. The van der Waals surface area contributed by atoms with Crippen LogP contribution < -0.4 is 10.1 Å². The molecule has 3 unspecified atom stereocenters. The van der Waals surface area contributed by atoms with E-state index in [-0.39, 0.29) is 6.04 Å². The maximum Gasteiger partial charge on any atom is 0.119 e. The number of fused-ring (bicyclic) bond motifs is 5. The fraction of sp³-hybridized carbons (Fsp3) is 0.200. The van der Waals surface area contributed by atoms with Crippen LogP contribution in [0.25, 0.3) is 21.5 Å². The minimum absolute atomic E-state index is 0.251. The molecule has 1 aliphatic heterocycles. The second-order valence-corrected chi connectivity index (χ2v) is 10.4. The van der Waals surface area contributed by atoms with Crippen molar-refractivity contribution in [1.29, 1.82) is 0 Å². The summed E-state index contributed by atoms with van der Waals surface area (Å²) in [6.45, 7) is 0.732. The first kappa shape index (κ1) is 22.2. The van der Waals surface area contributed by atoms with Crippen LogP contribution in [0.3, 0.4) is 0 Å². The molecule has 2 nitrogen and oxygen atoms in total. The van der Waals surface area contributed by atoms with E-state index in [1.54, 1.807) is 0 Å². The second-order valence-electron chi connectivity index (χ2n) is 10.4. The maximum absolute atomic E-state index is 6.22. The highest BCUT2D eigenvalue weighted by Gasteiger charge is 2.39. The van der Waals surface area contributed by atoms with Gasteiger partial charge in [-0.15, -0.1) is 0 Å². The summed E-state index contributed by atoms with van der Waals surface area (Å²) >= 11 is 0. The largest absolute Gasteiger partial charge is 0.494 e. The molecule has 2 aliphatic rings. The van der Waals surface area contributed by atoms with E-state index in [0.717, 1.165) is 31.6 Å². The molecule has 1 N–H and O–H groups in total. The van der Waals surface area contributed by atoms with Gasteiger partial charge in [0.1, 0.15) is 5.75 Å². The Hall–Kier alpha value is -4.04. The zero-order valence-electron chi connectivity index (χ0n) is 20.9. The summed E-state index contributed by atoms with van der Waals surface area (Å²) < 4.78 is 6.22. The van der Waals surface area contributed by atoms with Crippen molar-refractivity contribution in [1.82, 2.24) is 0 Å². The van der Waals surface area contributed by atoms with E-state index in [1.165, 1.54) is 43.9 Å². The molecule has 0 bridgehead atoms. The predicted molar refractivity (Wildman–Crippen MR) is 155 cm³/mol. The fourth-order valence-electron chi connectivity index (χ4n) is 6.44. The zero-order valence-corrected chi connectivity index (χ0v) is 20.9. The van der Waals surface area contributed by atoms with Gasteiger partial charge >= 0.3 is 0 Å². The summed E-state index contributed by atoms with van der Waals surface area (Å²) in [7, 11) is 0. The van der Waals surface area contributed by atoms with Gasteiger partial charge in [-0.1, -0.05) is 91.0 Å². The Bertz CT molecular complexity index is 1550. The monoisotopic (exact) mass is 481 g/mol. The molecule has 7 rings (SSSR count). The molecular weight excluding hydrogens is 450 g/mol. The molecule has 0 radical (unpaired) electrons. The summed E-state index contributed by atoms with van der Waals surface area (Å²) in [5.74, 6) is 1.85. The van der Waals surface area contributed by atoms with Gasteiger partial charge in [0.25, 0.3) is 0 Å². The Morgan fingerprint density at radius 1 is 0.757 bits per heavy atom. The Morgan fingerprint density at radius 3 is 2.27 bits per heavy atom. The van der Waals surface area contributed by atoms with E-state index >= 15 is 0 Å². The zero-order chi connectivity index (χ0) is 24.6. The van der Waals surface area contributed by atoms with Crippen LogP contribution in [-0.2, 0) is 6.42 Å². The summed E-state index contributed by atoms with van der Waals surface area (Å²) in [4.78, 5) is 0. The summed E-state index contributed by atoms with van der Waals surface area (Å²) in [6, 6.07) is 37.6. The lowest BCUT2D eigenvalue weighted by Crippen LogP contribution is -2.29. The lowest BCUT2D eigenvalue weighted by molar-refractivity contribution is 0.310. The maximum atomic E-state index is 6.22.